The largest absolute Gasteiger partial charge is 0.493 e. The van der Waals surface area contributed by atoms with Gasteiger partial charge in [0.25, 0.3) is 5.56 Å². The van der Waals surface area contributed by atoms with E-state index in [1.807, 2.05) is 30.3 Å². The summed E-state index contributed by atoms with van der Waals surface area (Å²) >= 11 is 3.38. The minimum absolute atomic E-state index is 0.138. The molecule has 3 N–H and O–H groups in total. The van der Waals surface area contributed by atoms with E-state index < -0.39 is 6.03 Å². The molecule has 2 aromatic carbocycles. The zero-order valence-electron chi connectivity index (χ0n) is 16.3. The topological polar surface area (TPSA) is 113 Å². The summed E-state index contributed by atoms with van der Waals surface area (Å²) in [7, 11) is 3.31. The lowest BCUT2D eigenvalue weighted by Gasteiger charge is -2.13. The van der Waals surface area contributed by atoms with Gasteiger partial charge in [0.05, 0.1) is 24.7 Å². The van der Waals surface area contributed by atoms with Gasteiger partial charge < -0.3 is 15.2 Å². The lowest BCUT2D eigenvalue weighted by Crippen LogP contribution is -2.24. The Hall–Kier alpha value is -3.53. The van der Waals surface area contributed by atoms with E-state index in [1.165, 1.54) is 13.3 Å². The standard InChI is InChI=1S/C20H20BrN5O4/c1-25-15(18(21)19(27)26(25)14-6-4-3-5-7-14)12-30-16-9-8-13(10-17(16)29-2)11-23-24-20(22)28/h3-11H,12H2,1-2H3,(H3,22,24,28). The number of urea groups is 1. The highest BCUT2D eigenvalue weighted by molar-refractivity contribution is 9.10. The van der Waals surface area contributed by atoms with Crippen molar-refractivity contribution in [3.05, 3.63) is 74.6 Å². The van der Waals surface area contributed by atoms with Crippen molar-refractivity contribution in [2.45, 2.75) is 6.61 Å². The Bertz CT molecular complexity index is 1140. The van der Waals surface area contributed by atoms with Gasteiger partial charge in [0.1, 0.15) is 11.1 Å². The lowest BCUT2D eigenvalue weighted by atomic mass is 10.2. The highest BCUT2D eigenvalue weighted by atomic mass is 79.9. The summed E-state index contributed by atoms with van der Waals surface area (Å²) in [6.07, 6.45) is 1.43. The molecule has 3 aromatic rings. The zero-order chi connectivity index (χ0) is 21.7. The molecule has 0 atom stereocenters. The maximum atomic E-state index is 12.7. The van der Waals surface area contributed by atoms with Gasteiger partial charge in [-0.3, -0.25) is 9.48 Å². The third-order valence-electron chi connectivity index (χ3n) is 4.27. The van der Waals surface area contributed by atoms with E-state index in [1.54, 1.807) is 34.6 Å². The van der Waals surface area contributed by atoms with Gasteiger partial charge in [0.2, 0.25) is 0 Å². The molecule has 0 unspecified atom stereocenters. The van der Waals surface area contributed by atoms with E-state index in [0.717, 1.165) is 5.69 Å². The van der Waals surface area contributed by atoms with E-state index in [-0.39, 0.29) is 12.2 Å². The molecular weight excluding hydrogens is 454 g/mol. The Balaban J connectivity index is 1.83. The quantitative estimate of drug-likeness (QED) is 0.405. The average Bonchev–Trinajstić information content (AvgIpc) is 2.95. The SMILES string of the molecule is COc1cc(C=NNC(N)=O)ccc1OCc1c(Br)c(=O)n(-c2ccccc2)n1C. The fraction of sp³-hybridized carbons (Fsp3) is 0.150. The Kier molecular flexibility index (Phi) is 6.58. The molecule has 3 rings (SSSR count). The van der Waals surface area contributed by atoms with Crippen LogP contribution in [0.4, 0.5) is 4.79 Å². The second-order valence-corrected chi connectivity index (χ2v) is 6.96. The van der Waals surface area contributed by atoms with Crippen LogP contribution < -0.4 is 26.2 Å². The van der Waals surface area contributed by atoms with E-state index in [9.17, 15) is 9.59 Å². The molecule has 1 heterocycles. The van der Waals surface area contributed by atoms with Crippen LogP contribution >= 0.6 is 15.9 Å². The predicted octanol–water partition coefficient (Wildman–Crippen LogP) is 2.53. The van der Waals surface area contributed by atoms with Gasteiger partial charge in [-0.15, -0.1) is 0 Å². The summed E-state index contributed by atoms with van der Waals surface area (Å²) in [4.78, 5) is 23.4. The van der Waals surface area contributed by atoms with Crippen molar-refractivity contribution in [2.75, 3.05) is 7.11 Å². The third kappa shape index (κ3) is 4.54. The van der Waals surface area contributed by atoms with Crippen LogP contribution in [0.2, 0.25) is 0 Å². The molecule has 30 heavy (non-hydrogen) atoms. The lowest BCUT2D eigenvalue weighted by molar-refractivity contribution is 0.249. The molecule has 2 amide bonds. The molecule has 0 saturated carbocycles. The van der Waals surface area contributed by atoms with Crippen molar-refractivity contribution in [2.24, 2.45) is 17.9 Å². The van der Waals surface area contributed by atoms with Gasteiger partial charge in [-0.2, -0.15) is 5.10 Å². The fourth-order valence-electron chi connectivity index (χ4n) is 2.83. The molecular formula is C20H20BrN5O4. The van der Waals surface area contributed by atoms with E-state index >= 15 is 0 Å². The number of hydrazone groups is 1. The molecule has 0 aliphatic rings. The van der Waals surface area contributed by atoms with Gasteiger partial charge in [-0.25, -0.2) is 14.9 Å². The van der Waals surface area contributed by atoms with Crippen LogP contribution in [0.25, 0.3) is 5.69 Å². The number of methoxy groups -OCH3 is 1. The number of amides is 2. The Morgan fingerprint density at radius 1 is 1.23 bits per heavy atom. The Morgan fingerprint density at radius 2 is 1.97 bits per heavy atom. The van der Waals surface area contributed by atoms with Gasteiger partial charge in [-0.1, -0.05) is 18.2 Å². The van der Waals surface area contributed by atoms with Crippen molar-refractivity contribution < 1.29 is 14.3 Å². The molecule has 0 aliphatic carbocycles. The van der Waals surface area contributed by atoms with Crippen LogP contribution in [0.5, 0.6) is 11.5 Å². The number of halogens is 1. The van der Waals surface area contributed by atoms with Crippen LogP contribution in [-0.2, 0) is 13.7 Å². The summed E-state index contributed by atoms with van der Waals surface area (Å²) in [5.74, 6) is 0.964. The number of nitrogens with two attached hydrogens (primary N) is 1. The number of carbonyl (C=O) groups is 1. The number of rotatable bonds is 7. The number of hydrogen-bond acceptors (Lipinski definition) is 5. The molecule has 156 valence electrons. The van der Waals surface area contributed by atoms with Crippen LogP contribution in [0, 0.1) is 0 Å². The molecule has 0 bridgehead atoms. The minimum Gasteiger partial charge on any atom is -0.493 e. The third-order valence-corrected chi connectivity index (χ3v) is 5.06. The average molecular weight is 474 g/mol. The van der Waals surface area contributed by atoms with Crippen molar-refractivity contribution in [1.82, 2.24) is 14.8 Å². The monoisotopic (exact) mass is 473 g/mol. The number of nitrogens with zero attached hydrogens (tertiary/aromatic N) is 3. The first kappa shape index (κ1) is 21.2. The maximum Gasteiger partial charge on any atom is 0.332 e. The van der Waals surface area contributed by atoms with E-state index in [0.29, 0.717) is 27.2 Å². The second kappa shape index (κ2) is 9.31. The summed E-state index contributed by atoms with van der Waals surface area (Å²) in [5.41, 5.74) is 9.01. The summed E-state index contributed by atoms with van der Waals surface area (Å²) in [6.45, 7) is 0.138. The normalized spacial score (nSPS) is 10.9. The van der Waals surface area contributed by atoms with Crippen molar-refractivity contribution >= 4 is 28.2 Å². The Morgan fingerprint density at radius 3 is 2.63 bits per heavy atom. The molecule has 0 aliphatic heterocycles. The highest BCUT2D eigenvalue weighted by Gasteiger charge is 2.18. The molecule has 0 radical (unpaired) electrons. The van der Waals surface area contributed by atoms with Crippen molar-refractivity contribution in [1.29, 1.82) is 0 Å². The van der Waals surface area contributed by atoms with Gasteiger partial charge in [0, 0.05) is 7.05 Å². The number of primary amides is 1. The van der Waals surface area contributed by atoms with Crippen LogP contribution in [-0.4, -0.2) is 28.7 Å². The number of carbonyl (C=O) groups excluding carboxylic acids is 1. The summed E-state index contributed by atoms with van der Waals surface area (Å²) < 4.78 is 15.0. The first-order valence-electron chi connectivity index (χ1n) is 8.83. The minimum atomic E-state index is -0.753. The van der Waals surface area contributed by atoms with Crippen molar-refractivity contribution in [3.8, 4) is 17.2 Å². The van der Waals surface area contributed by atoms with Gasteiger partial charge in [0.15, 0.2) is 11.5 Å². The molecule has 0 fully saturated rings. The van der Waals surface area contributed by atoms with E-state index in [4.69, 9.17) is 15.2 Å². The molecule has 0 spiro atoms. The van der Waals surface area contributed by atoms with Gasteiger partial charge >= 0.3 is 6.03 Å². The molecule has 9 nitrogen and oxygen atoms in total. The van der Waals surface area contributed by atoms with Crippen LogP contribution in [0.15, 0.2) is 62.9 Å². The van der Waals surface area contributed by atoms with E-state index in [2.05, 4.69) is 26.5 Å². The predicted molar refractivity (Wildman–Crippen MR) is 116 cm³/mol. The first-order valence-corrected chi connectivity index (χ1v) is 9.62. The molecule has 10 heteroatoms. The molecule has 1 aromatic heterocycles. The number of aromatic nitrogens is 2. The summed E-state index contributed by atoms with van der Waals surface area (Å²) in [5, 5.41) is 3.71. The molecule has 0 saturated heterocycles. The summed E-state index contributed by atoms with van der Waals surface area (Å²) in [6, 6.07) is 13.7. The first-order chi connectivity index (χ1) is 14.4. The van der Waals surface area contributed by atoms with Crippen LogP contribution in [0.3, 0.4) is 0 Å². The Labute approximate surface area is 180 Å². The zero-order valence-corrected chi connectivity index (χ0v) is 17.9. The van der Waals surface area contributed by atoms with Crippen LogP contribution in [0.1, 0.15) is 11.3 Å². The number of nitrogens with one attached hydrogen (secondary N) is 1. The highest BCUT2D eigenvalue weighted by Crippen LogP contribution is 2.29. The number of ether oxygens (including phenoxy) is 2. The van der Waals surface area contributed by atoms with Crippen molar-refractivity contribution in [3.63, 3.8) is 0 Å². The fourth-order valence-corrected chi connectivity index (χ4v) is 3.37. The maximum absolute atomic E-state index is 12.7. The van der Waals surface area contributed by atoms with Gasteiger partial charge in [-0.05, 0) is 51.8 Å². The smallest absolute Gasteiger partial charge is 0.332 e. The number of benzene rings is 2. The second-order valence-electron chi connectivity index (χ2n) is 6.17. The number of para-hydroxylation sites is 1. The number of hydrogen-bond donors (Lipinski definition) is 2.